The molecular formula is C13H20O5. The van der Waals surface area contributed by atoms with Crippen LogP contribution in [0.4, 0.5) is 0 Å². The number of rotatable bonds is 8. The molecule has 0 fully saturated rings. The van der Waals surface area contributed by atoms with Gasteiger partial charge in [-0.15, -0.1) is 0 Å². The monoisotopic (exact) mass is 256 g/mol. The van der Waals surface area contributed by atoms with Gasteiger partial charge in [-0.3, -0.25) is 19.2 Å². The van der Waals surface area contributed by atoms with Crippen molar-refractivity contribution in [1.29, 1.82) is 0 Å². The number of ketones is 3. The fourth-order valence-corrected chi connectivity index (χ4v) is 1.84. The van der Waals surface area contributed by atoms with Crippen LogP contribution < -0.4 is 0 Å². The van der Waals surface area contributed by atoms with Crippen LogP contribution in [0.3, 0.4) is 0 Å². The third-order valence-corrected chi connectivity index (χ3v) is 2.59. The molecule has 0 aliphatic heterocycles. The molecule has 0 spiro atoms. The number of carbonyl (C=O) groups is 4. The highest BCUT2D eigenvalue weighted by Crippen LogP contribution is 2.20. The molecule has 1 unspecified atom stereocenters. The van der Waals surface area contributed by atoms with Crippen molar-refractivity contribution in [3.63, 3.8) is 0 Å². The summed E-state index contributed by atoms with van der Waals surface area (Å²) in [5.74, 6) is -4.67. The second-order valence-corrected chi connectivity index (χ2v) is 4.15. The number of carbonyl (C=O) groups excluding carboxylic acids is 4. The maximum absolute atomic E-state index is 11.9. The fourth-order valence-electron chi connectivity index (χ4n) is 1.84. The first-order valence-corrected chi connectivity index (χ1v) is 6.07. The van der Waals surface area contributed by atoms with Crippen molar-refractivity contribution in [3.8, 4) is 0 Å². The quantitative estimate of drug-likeness (QED) is 0.483. The average molecular weight is 256 g/mol. The van der Waals surface area contributed by atoms with Gasteiger partial charge >= 0.3 is 5.97 Å². The van der Waals surface area contributed by atoms with Crippen LogP contribution in [0.25, 0.3) is 0 Å². The fraction of sp³-hybridized carbons (Fsp3) is 0.692. The lowest BCUT2D eigenvalue weighted by Gasteiger charge is -2.20. The minimum Gasteiger partial charge on any atom is -0.465 e. The summed E-state index contributed by atoms with van der Waals surface area (Å²) >= 11 is 0. The molecule has 5 nitrogen and oxygen atoms in total. The molecule has 1 atom stereocenters. The van der Waals surface area contributed by atoms with Gasteiger partial charge in [0.05, 0.1) is 12.5 Å². The van der Waals surface area contributed by atoms with Crippen LogP contribution in [0, 0.1) is 11.8 Å². The number of hydrogen-bond acceptors (Lipinski definition) is 5. The van der Waals surface area contributed by atoms with Crippen molar-refractivity contribution in [2.45, 2.75) is 40.5 Å². The molecule has 0 rings (SSSR count). The second kappa shape index (κ2) is 7.74. The number of hydrogen-bond donors (Lipinski definition) is 0. The predicted octanol–water partition coefficient (Wildman–Crippen LogP) is 1.33. The lowest BCUT2D eigenvalue weighted by Crippen LogP contribution is -2.40. The standard InChI is InChI=1S/C13H20O5/c1-5-7-10(16)12(13(17)18-6-2)11(8(3)14)9(4)15/h11-12H,5-7H2,1-4H3. The Morgan fingerprint density at radius 2 is 1.44 bits per heavy atom. The van der Waals surface area contributed by atoms with E-state index in [9.17, 15) is 19.2 Å². The Balaban J connectivity index is 5.28. The summed E-state index contributed by atoms with van der Waals surface area (Å²) in [6.07, 6.45) is 0.706. The molecule has 102 valence electrons. The van der Waals surface area contributed by atoms with E-state index in [4.69, 9.17) is 4.74 Å². The molecule has 0 aromatic heterocycles. The lowest BCUT2D eigenvalue weighted by atomic mass is 9.82. The summed E-state index contributed by atoms with van der Waals surface area (Å²) in [6.45, 7) is 5.92. The molecule has 0 aromatic carbocycles. The van der Waals surface area contributed by atoms with E-state index in [1.54, 1.807) is 13.8 Å². The minimum atomic E-state index is -1.29. The van der Waals surface area contributed by atoms with Crippen molar-refractivity contribution >= 4 is 23.3 Å². The number of esters is 1. The molecular weight excluding hydrogens is 236 g/mol. The van der Waals surface area contributed by atoms with Gasteiger partial charge in [-0.1, -0.05) is 6.92 Å². The van der Waals surface area contributed by atoms with Crippen molar-refractivity contribution in [2.24, 2.45) is 11.8 Å². The molecule has 0 N–H and O–H groups in total. The van der Waals surface area contributed by atoms with Gasteiger partial charge in [-0.25, -0.2) is 0 Å². The molecule has 5 heteroatoms. The summed E-state index contributed by atoms with van der Waals surface area (Å²) in [6, 6.07) is 0. The van der Waals surface area contributed by atoms with Crippen LogP contribution in [0.1, 0.15) is 40.5 Å². The summed E-state index contributed by atoms with van der Waals surface area (Å²) in [5, 5.41) is 0. The topological polar surface area (TPSA) is 77.5 Å². The van der Waals surface area contributed by atoms with Crippen molar-refractivity contribution in [2.75, 3.05) is 6.61 Å². The van der Waals surface area contributed by atoms with Crippen molar-refractivity contribution in [3.05, 3.63) is 0 Å². The molecule has 0 saturated heterocycles. The van der Waals surface area contributed by atoms with E-state index in [0.717, 1.165) is 0 Å². The van der Waals surface area contributed by atoms with Crippen LogP contribution in [0.5, 0.6) is 0 Å². The smallest absolute Gasteiger partial charge is 0.317 e. The van der Waals surface area contributed by atoms with Gasteiger partial charge in [0, 0.05) is 6.42 Å². The van der Waals surface area contributed by atoms with Crippen LogP contribution >= 0.6 is 0 Å². The van der Waals surface area contributed by atoms with Crippen LogP contribution in [-0.2, 0) is 23.9 Å². The Morgan fingerprint density at radius 1 is 0.944 bits per heavy atom. The zero-order valence-corrected chi connectivity index (χ0v) is 11.3. The van der Waals surface area contributed by atoms with E-state index in [1.165, 1.54) is 13.8 Å². The van der Waals surface area contributed by atoms with E-state index in [2.05, 4.69) is 0 Å². The van der Waals surface area contributed by atoms with Gasteiger partial charge in [0.2, 0.25) is 0 Å². The highest BCUT2D eigenvalue weighted by Gasteiger charge is 2.40. The number of ether oxygens (including phenoxy) is 1. The zero-order chi connectivity index (χ0) is 14.3. The van der Waals surface area contributed by atoms with Crippen LogP contribution in [0.15, 0.2) is 0 Å². The predicted molar refractivity (Wildman–Crippen MR) is 64.9 cm³/mol. The normalized spacial score (nSPS) is 12.1. The highest BCUT2D eigenvalue weighted by molar-refractivity contribution is 6.11. The average Bonchev–Trinajstić information content (AvgIpc) is 2.24. The van der Waals surface area contributed by atoms with E-state index >= 15 is 0 Å². The zero-order valence-electron chi connectivity index (χ0n) is 11.3. The third kappa shape index (κ3) is 4.39. The molecule has 0 amide bonds. The van der Waals surface area contributed by atoms with Gasteiger partial charge in [0.15, 0.2) is 0 Å². The summed E-state index contributed by atoms with van der Waals surface area (Å²) in [7, 11) is 0. The van der Waals surface area contributed by atoms with Gasteiger partial charge < -0.3 is 4.74 Å². The van der Waals surface area contributed by atoms with Crippen molar-refractivity contribution in [1.82, 2.24) is 0 Å². The summed E-state index contributed by atoms with van der Waals surface area (Å²) in [4.78, 5) is 46.6. The summed E-state index contributed by atoms with van der Waals surface area (Å²) < 4.78 is 4.79. The lowest BCUT2D eigenvalue weighted by molar-refractivity contribution is -0.158. The highest BCUT2D eigenvalue weighted by atomic mass is 16.5. The van der Waals surface area contributed by atoms with E-state index in [1.807, 2.05) is 0 Å². The Hall–Kier alpha value is -1.52. The summed E-state index contributed by atoms with van der Waals surface area (Å²) in [5.41, 5.74) is 0. The molecule has 0 saturated carbocycles. The van der Waals surface area contributed by atoms with Crippen LogP contribution in [-0.4, -0.2) is 29.9 Å². The first kappa shape index (κ1) is 16.5. The second-order valence-electron chi connectivity index (χ2n) is 4.15. The molecule has 0 heterocycles. The minimum absolute atomic E-state index is 0.108. The first-order chi connectivity index (χ1) is 8.36. The van der Waals surface area contributed by atoms with Crippen LogP contribution in [0.2, 0.25) is 0 Å². The maximum Gasteiger partial charge on any atom is 0.317 e. The van der Waals surface area contributed by atoms with E-state index in [0.29, 0.717) is 6.42 Å². The van der Waals surface area contributed by atoms with E-state index < -0.39 is 35.2 Å². The maximum atomic E-state index is 11.9. The van der Waals surface area contributed by atoms with Gasteiger partial charge in [-0.2, -0.15) is 0 Å². The molecule has 0 bridgehead atoms. The molecule has 0 aliphatic rings. The Bertz CT molecular complexity index is 313. The SMILES string of the molecule is CCCC(=O)C(C(=O)OCC)C(C(C)=O)C(C)=O. The third-order valence-electron chi connectivity index (χ3n) is 2.59. The van der Waals surface area contributed by atoms with Crippen molar-refractivity contribution < 1.29 is 23.9 Å². The first-order valence-electron chi connectivity index (χ1n) is 6.07. The largest absolute Gasteiger partial charge is 0.465 e. The Labute approximate surface area is 107 Å². The van der Waals surface area contributed by atoms with Gasteiger partial charge in [0.1, 0.15) is 23.3 Å². The van der Waals surface area contributed by atoms with E-state index in [-0.39, 0.29) is 13.0 Å². The van der Waals surface area contributed by atoms with Gasteiger partial charge in [0.25, 0.3) is 0 Å². The molecule has 0 aliphatic carbocycles. The molecule has 0 aromatic rings. The molecule has 0 radical (unpaired) electrons. The molecule has 18 heavy (non-hydrogen) atoms. The number of Topliss-reactive ketones (excluding diaryl/α,β-unsaturated/α-hetero) is 3. The Kier molecular flexibility index (Phi) is 7.08. The van der Waals surface area contributed by atoms with Gasteiger partial charge in [-0.05, 0) is 27.2 Å². The Morgan fingerprint density at radius 3 is 1.78 bits per heavy atom.